The standard InChI is InChI=1S/C16H18N2O2/c1-12(14-4-3-9-17-11-14)18-16(19)10-13-5-7-15(20-2)8-6-13/h3-9,11-12H,10H2,1-2H3,(H,18,19)/t12-/m1/s1. The van der Waals surface area contributed by atoms with Crippen LogP contribution in [0, 0.1) is 0 Å². The van der Waals surface area contributed by atoms with Gasteiger partial charge in [0.2, 0.25) is 5.91 Å². The third-order valence-electron chi connectivity index (χ3n) is 3.09. The van der Waals surface area contributed by atoms with E-state index in [9.17, 15) is 4.79 Å². The molecule has 2 aromatic rings. The lowest BCUT2D eigenvalue weighted by Crippen LogP contribution is -2.28. The van der Waals surface area contributed by atoms with E-state index in [-0.39, 0.29) is 11.9 Å². The van der Waals surface area contributed by atoms with Crippen LogP contribution in [0.5, 0.6) is 5.75 Å². The molecule has 0 aliphatic carbocycles. The van der Waals surface area contributed by atoms with E-state index < -0.39 is 0 Å². The number of pyridine rings is 1. The number of methoxy groups -OCH3 is 1. The van der Waals surface area contributed by atoms with Crippen molar-refractivity contribution < 1.29 is 9.53 Å². The van der Waals surface area contributed by atoms with E-state index in [1.165, 1.54) is 0 Å². The zero-order chi connectivity index (χ0) is 14.4. The maximum atomic E-state index is 12.0. The molecule has 0 radical (unpaired) electrons. The first-order chi connectivity index (χ1) is 9.69. The monoisotopic (exact) mass is 270 g/mol. The van der Waals surface area contributed by atoms with Crippen LogP contribution in [0.15, 0.2) is 48.8 Å². The SMILES string of the molecule is COc1ccc(CC(=O)N[C@H](C)c2cccnc2)cc1. The lowest BCUT2D eigenvalue weighted by Gasteiger charge is -2.14. The van der Waals surface area contributed by atoms with Crippen LogP contribution in [-0.2, 0) is 11.2 Å². The quantitative estimate of drug-likeness (QED) is 0.908. The fourth-order valence-corrected chi connectivity index (χ4v) is 1.94. The number of carbonyl (C=O) groups is 1. The largest absolute Gasteiger partial charge is 0.497 e. The Morgan fingerprint density at radius 2 is 2.05 bits per heavy atom. The Bertz CT molecular complexity index is 552. The van der Waals surface area contributed by atoms with Crippen LogP contribution in [0.2, 0.25) is 0 Å². The van der Waals surface area contributed by atoms with E-state index in [1.54, 1.807) is 19.5 Å². The molecule has 1 heterocycles. The van der Waals surface area contributed by atoms with Gasteiger partial charge in [-0.05, 0) is 36.2 Å². The number of nitrogens with zero attached hydrogens (tertiary/aromatic N) is 1. The molecule has 2 rings (SSSR count). The highest BCUT2D eigenvalue weighted by Crippen LogP contribution is 2.13. The summed E-state index contributed by atoms with van der Waals surface area (Å²) in [7, 11) is 1.62. The zero-order valence-electron chi connectivity index (χ0n) is 11.7. The molecular weight excluding hydrogens is 252 g/mol. The van der Waals surface area contributed by atoms with Crippen molar-refractivity contribution in [2.24, 2.45) is 0 Å². The molecular formula is C16H18N2O2. The van der Waals surface area contributed by atoms with Crippen molar-refractivity contribution in [1.82, 2.24) is 10.3 Å². The number of nitrogens with one attached hydrogen (secondary N) is 1. The molecule has 0 aliphatic rings. The Morgan fingerprint density at radius 1 is 1.30 bits per heavy atom. The van der Waals surface area contributed by atoms with Crippen molar-refractivity contribution in [2.75, 3.05) is 7.11 Å². The predicted octanol–water partition coefficient (Wildman–Crippen LogP) is 2.51. The number of aromatic nitrogens is 1. The second kappa shape index (κ2) is 6.70. The number of ether oxygens (including phenoxy) is 1. The van der Waals surface area contributed by atoms with Gasteiger partial charge in [0.05, 0.1) is 19.6 Å². The molecule has 0 unspecified atom stereocenters. The van der Waals surface area contributed by atoms with Crippen molar-refractivity contribution in [1.29, 1.82) is 0 Å². The van der Waals surface area contributed by atoms with Crippen LogP contribution in [0.4, 0.5) is 0 Å². The van der Waals surface area contributed by atoms with Crippen molar-refractivity contribution in [2.45, 2.75) is 19.4 Å². The van der Waals surface area contributed by atoms with Crippen LogP contribution in [0.3, 0.4) is 0 Å². The molecule has 1 aromatic heterocycles. The van der Waals surface area contributed by atoms with Gasteiger partial charge in [-0.15, -0.1) is 0 Å². The first-order valence-electron chi connectivity index (χ1n) is 6.51. The summed E-state index contributed by atoms with van der Waals surface area (Å²) >= 11 is 0. The van der Waals surface area contributed by atoms with E-state index in [0.29, 0.717) is 6.42 Å². The molecule has 0 saturated carbocycles. The van der Waals surface area contributed by atoms with Gasteiger partial charge < -0.3 is 10.1 Å². The van der Waals surface area contributed by atoms with Gasteiger partial charge in [-0.3, -0.25) is 9.78 Å². The van der Waals surface area contributed by atoms with E-state index in [0.717, 1.165) is 16.9 Å². The van der Waals surface area contributed by atoms with Crippen molar-refractivity contribution in [3.8, 4) is 5.75 Å². The third-order valence-corrected chi connectivity index (χ3v) is 3.09. The van der Waals surface area contributed by atoms with Crippen LogP contribution in [0.25, 0.3) is 0 Å². The second-order valence-corrected chi connectivity index (χ2v) is 4.60. The van der Waals surface area contributed by atoms with Gasteiger partial charge in [0, 0.05) is 12.4 Å². The summed E-state index contributed by atoms with van der Waals surface area (Å²) in [6, 6.07) is 11.3. The Balaban J connectivity index is 1.91. The fourth-order valence-electron chi connectivity index (χ4n) is 1.94. The summed E-state index contributed by atoms with van der Waals surface area (Å²) in [6.07, 6.45) is 3.84. The molecule has 20 heavy (non-hydrogen) atoms. The summed E-state index contributed by atoms with van der Waals surface area (Å²) in [5, 5.41) is 2.96. The van der Waals surface area contributed by atoms with E-state index in [4.69, 9.17) is 4.74 Å². The summed E-state index contributed by atoms with van der Waals surface area (Å²) in [5.41, 5.74) is 1.96. The third kappa shape index (κ3) is 3.82. The Labute approximate surface area is 118 Å². The number of rotatable bonds is 5. The number of hydrogen-bond donors (Lipinski definition) is 1. The molecule has 1 N–H and O–H groups in total. The summed E-state index contributed by atoms with van der Waals surface area (Å²) in [6.45, 7) is 1.95. The fraction of sp³-hybridized carbons (Fsp3) is 0.250. The number of benzene rings is 1. The predicted molar refractivity (Wildman–Crippen MR) is 77.5 cm³/mol. The van der Waals surface area contributed by atoms with E-state index >= 15 is 0 Å². The Hall–Kier alpha value is -2.36. The van der Waals surface area contributed by atoms with Gasteiger partial charge in [-0.25, -0.2) is 0 Å². The summed E-state index contributed by atoms with van der Waals surface area (Å²) < 4.78 is 5.09. The average Bonchev–Trinajstić information content (AvgIpc) is 2.49. The van der Waals surface area contributed by atoms with Gasteiger partial charge in [0.1, 0.15) is 5.75 Å². The van der Waals surface area contributed by atoms with E-state index in [1.807, 2.05) is 43.3 Å². The Morgan fingerprint density at radius 3 is 2.65 bits per heavy atom. The molecule has 0 bridgehead atoms. The van der Waals surface area contributed by atoms with Gasteiger partial charge in [-0.2, -0.15) is 0 Å². The van der Waals surface area contributed by atoms with Gasteiger partial charge in [0.25, 0.3) is 0 Å². The maximum Gasteiger partial charge on any atom is 0.224 e. The number of carbonyl (C=O) groups excluding carboxylic acids is 1. The van der Waals surface area contributed by atoms with Crippen molar-refractivity contribution in [3.63, 3.8) is 0 Å². The first-order valence-corrected chi connectivity index (χ1v) is 6.51. The highest BCUT2D eigenvalue weighted by molar-refractivity contribution is 5.79. The Kier molecular flexibility index (Phi) is 4.71. The van der Waals surface area contributed by atoms with Gasteiger partial charge in [-0.1, -0.05) is 18.2 Å². The lowest BCUT2D eigenvalue weighted by atomic mass is 10.1. The molecule has 4 nitrogen and oxygen atoms in total. The number of amides is 1. The minimum atomic E-state index is -0.0468. The highest BCUT2D eigenvalue weighted by Gasteiger charge is 2.10. The highest BCUT2D eigenvalue weighted by atomic mass is 16.5. The van der Waals surface area contributed by atoms with Crippen molar-refractivity contribution >= 4 is 5.91 Å². The molecule has 1 aromatic carbocycles. The molecule has 0 saturated heterocycles. The molecule has 4 heteroatoms. The van der Waals surface area contributed by atoms with Crippen LogP contribution >= 0.6 is 0 Å². The minimum Gasteiger partial charge on any atom is -0.497 e. The molecule has 104 valence electrons. The normalized spacial score (nSPS) is 11.7. The minimum absolute atomic E-state index is 0.00785. The molecule has 0 aliphatic heterocycles. The second-order valence-electron chi connectivity index (χ2n) is 4.60. The van der Waals surface area contributed by atoms with Crippen molar-refractivity contribution in [3.05, 3.63) is 59.9 Å². The van der Waals surface area contributed by atoms with Gasteiger partial charge >= 0.3 is 0 Å². The summed E-state index contributed by atoms with van der Waals surface area (Å²) in [4.78, 5) is 16.0. The first kappa shape index (κ1) is 14.1. The van der Waals surface area contributed by atoms with Crippen LogP contribution < -0.4 is 10.1 Å². The van der Waals surface area contributed by atoms with Gasteiger partial charge in [0.15, 0.2) is 0 Å². The van der Waals surface area contributed by atoms with E-state index in [2.05, 4.69) is 10.3 Å². The molecule has 1 atom stereocenters. The zero-order valence-corrected chi connectivity index (χ0v) is 11.7. The molecule has 0 fully saturated rings. The maximum absolute atomic E-state index is 12.0. The lowest BCUT2D eigenvalue weighted by molar-refractivity contribution is -0.121. The summed E-state index contributed by atoms with van der Waals surface area (Å²) in [5.74, 6) is 0.782. The number of hydrogen-bond acceptors (Lipinski definition) is 3. The topological polar surface area (TPSA) is 51.2 Å². The molecule has 0 spiro atoms. The molecule has 1 amide bonds. The van der Waals surface area contributed by atoms with Crippen LogP contribution in [-0.4, -0.2) is 18.0 Å². The van der Waals surface area contributed by atoms with Crippen LogP contribution in [0.1, 0.15) is 24.1 Å². The smallest absolute Gasteiger partial charge is 0.224 e. The average molecular weight is 270 g/mol.